The predicted octanol–water partition coefficient (Wildman–Crippen LogP) is 4.87. The first kappa shape index (κ1) is 18.9. The number of halogens is 2. The molecule has 0 atom stereocenters. The number of nitrogens with zero attached hydrogens (tertiary/aromatic N) is 3. The molecule has 0 radical (unpaired) electrons. The maximum Gasteiger partial charge on any atom is 0.346 e. The molecule has 0 amide bonds. The molecule has 0 unspecified atom stereocenters. The summed E-state index contributed by atoms with van der Waals surface area (Å²) in [6, 6.07) is 11.8. The number of hydrogen-bond donors (Lipinski definition) is 0. The SMILES string of the molecule is CCc1cc(OC(=O)c2ccc(Cl)cc2Cl)n(-c2ccc([N+](=O)[O-])cc2)n1. The largest absolute Gasteiger partial charge is 0.404 e. The number of carbonyl (C=O) groups excluding carboxylic acids is 1. The standard InChI is InChI=1S/C18H13Cl2N3O4/c1-2-12-10-17(27-18(24)15-8-3-11(19)9-16(15)20)22(21-12)13-4-6-14(7-5-13)23(25)26/h3-10H,2H2,1H3. The van der Waals surface area contributed by atoms with Gasteiger partial charge in [0.1, 0.15) is 0 Å². The van der Waals surface area contributed by atoms with Crippen LogP contribution >= 0.6 is 23.2 Å². The summed E-state index contributed by atoms with van der Waals surface area (Å²) in [5.74, 6) is -0.487. The summed E-state index contributed by atoms with van der Waals surface area (Å²) in [7, 11) is 0. The summed E-state index contributed by atoms with van der Waals surface area (Å²) >= 11 is 11.9. The van der Waals surface area contributed by atoms with Crippen LogP contribution in [0.15, 0.2) is 48.5 Å². The van der Waals surface area contributed by atoms with E-state index in [2.05, 4.69) is 5.10 Å². The highest BCUT2D eigenvalue weighted by molar-refractivity contribution is 6.36. The molecule has 2 aromatic carbocycles. The molecule has 3 rings (SSSR count). The zero-order chi connectivity index (χ0) is 19.6. The molecule has 1 heterocycles. The van der Waals surface area contributed by atoms with Crippen molar-refractivity contribution < 1.29 is 14.5 Å². The van der Waals surface area contributed by atoms with Crippen molar-refractivity contribution in [3.05, 3.63) is 79.9 Å². The average Bonchev–Trinajstić information content (AvgIpc) is 3.04. The van der Waals surface area contributed by atoms with Gasteiger partial charge in [-0.3, -0.25) is 10.1 Å². The summed E-state index contributed by atoms with van der Waals surface area (Å²) in [5, 5.41) is 15.8. The minimum absolute atomic E-state index is 0.0480. The van der Waals surface area contributed by atoms with Gasteiger partial charge in [0, 0.05) is 23.2 Å². The van der Waals surface area contributed by atoms with Gasteiger partial charge in [0.2, 0.25) is 5.88 Å². The zero-order valence-electron chi connectivity index (χ0n) is 14.1. The quantitative estimate of drug-likeness (QED) is 0.343. The predicted molar refractivity (Wildman–Crippen MR) is 101 cm³/mol. The molecule has 138 valence electrons. The van der Waals surface area contributed by atoms with Gasteiger partial charge in [-0.25, -0.2) is 9.48 Å². The lowest BCUT2D eigenvalue weighted by Gasteiger charge is -2.09. The van der Waals surface area contributed by atoms with E-state index in [1.54, 1.807) is 6.07 Å². The normalized spacial score (nSPS) is 10.6. The first-order chi connectivity index (χ1) is 12.9. The Bertz CT molecular complexity index is 1020. The first-order valence-electron chi connectivity index (χ1n) is 7.90. The molecular weight excluding hydrogens is 393 g/mol. The molecule has 27 heavy (non-hydrogen) atoms. The van der Waals surface area contributed by atoms with E-state index in [1.807, 2.05) is 6.92 Å². The second-order valence-corrected chi connectivity index (χ2v) is 6.37. The van der Waals surface area contributed by atoms with Crippen molar-refractivity contribution in [2.45, 2.75) is 13.3 Å². The van der Waals surface area contributed by atoms with Gasteiger partial charge in [-0.15, -0.1) is 0 Å². The molecule has 0 aliphatic carbocycles. The summed E-state index contributed by atoms with van der Waals surface area (Å²) in [5.41, 5.74) is 1.33. The number of non-ortho nitro benzene ring substituents is 1. The van der Waals surface area contributed by atoms with Crippen molar-refractivity contribution in [1.82, 2.24) is 9.78 Å². The highest BCUT2D eigenvalue weighted by Crippen LogP contribution is 2.25. The van der Waals surface area contributed by atoms with Crippen molar-refractivity contribution in [2.75, 3.05) is 0 Å². The highest BCUT2D eigenvalue weighted by atomic mass is 35.5. The number of rotatable bonds is 5. The topological polar surface area (TPSA) is 87.3 Å². The van der Waals surface area contributed by atoms with Gasteiger partial charge in [-0.2, -0.15) is 5.10 Å². The number of aromatic nitrogens is 2. The van der Waals surface area contributed by atoms with Crippen molar-refractivity contribution in [3.63, 3.8) is 0 Å². The maximum atomic E-state index is 12.5. The third kappa shape index (κ3) is 4.10. The van der Waals surface area contributed by atoms with E-state index in [0.29, 0.717) is 22.8 Å². The third-order valence-corrected chi connectivity index (χ3v) is 4.29. The molecule has 0 bridgehead atoms. The Morgan fingerprint density at radius 2 is 1.89 bits per heavy atom. The second-order valence-electron chi connectivity index (χ2n) is 5.53. The van der Waals surface area contributed by atoms with Crippen LogP contribution in [0.2, 0.25) is 10.0 Å². The number of benzene rings is 2. The van der Waals surface area contributed by atoms with Crippen LogP contribution in [0.25, 0.3) is 5.69 Å². The Morgan fingerprint density at radius 1 is 1.19 bits per heavy atom. The number of ether oxygens (including phenoxy) is 1. The lowest BCUT2D eigenvalue weighted by atomic mass is 10.2. The van der Waals surface area contributed by atoms with E-state index in [-0.39, 0.29) is 22.2 Å². The zero-order valence-corrected chi connectivity index (χ0v) is 15.6. The van der Waals surface area contributed by atoms with Gasteiger partial charge < -0.3 is 4.74 Å². The van der Waals surface area contributed by atoms with Crippen LogP contribution in [0.5, 0.6) is 5.88 Å². The van der Waals surface area contributed by atoms with Crippen LogP contribution in [0, 0.1) is 10.1 Å². The van der Waals surface area contributed by atoms with E-state index in [0.717, 1.165) is 0 Å². The van der Waals surface area contributed by atoms with Gasteiger partial charge in [0.25, 0.3) is 5.69 Å². The maximum absolute atomic E-state index is 12.5. The van der Waals surface area contributed by atoms with E-state index in [1.165, 1.54) is 47.1 Å². The van der Waals surface area contributed by atoms with E-state index < -0.39 is 10.9 Å². The van der Waals surface area contributed by atoms with Gasteiger partial charge >= 0.3 is 5.97 Å². The fraction of sp³-hybridized carbons (Fsp3) is 0.111. The summed E-state index contributed by atoms with van der Waals surface area (Å²) in [6.07, 6.45) is 0.617. The van der Waals surface area contributed by atoms with Crippen LogP contribution in [0.3, 0.4) is 0 Å². The molecule has 0 saturated carbocycles. The summed E-state index contributed by atoms with van der Waals surface area (Å²) < 4.78 is 6.87. The number of aryl methyl sites for hydroxylation is 1. The van der Waals surface area contributed by atoms with Crippen molar-refractivity contribution in [1.29, 1.82) is 0 Å². The van der Waals surface area contributed by atoms with Gasteiger partial charge in [-0.1, -0.05) is 30.1 Å². The van der Waals surface area contributed by atoms with Gasteiger partial charge in [0.05, 0.1) is 26.9 Å². The molecule has 0 spiro atoms. The van der Waals surface area contributed by atoms with Crippen molar-refractivity contribution in [3.8, 4) is 11.6 Å². The fourth-order valence-corrected chi connectivity index (χ4v) is 2.85. The molecule has 3 aromatic rings. The molecule has 0 aliphatic rings. The Hall–Kier alpha value is -2.90. The number of nitro benzene ring substituents is 1. The number of esters is 1. The van der Waals surface area contributed by atoms with Gasteiger partial charge in [0.15, 0.2) is 0 Å². The second kappa shape index (κ2) is 7.77. The molecule has 0 N–H and O–H groups in total. The Balaban J connectivity index is 1.94. The van der Waals surface area contributed by atoms with Crippen LogP contribution < -0.4 is 4.74 Å². The smallest absolute Gasteiger partial charge is 0.346 e. The van der Waals surface area contributed by atoms with Crippen molar-refractivity contribution in [2.24, 2.45) is 0 Å². The molecule has 9 heteroatoms. The van der Waals surface area contributed by atoms with Gasteiger partial charge in [-0.05, 0) is 36.8 Å². The Kier molecular flexibility index (Phi) is 5.43. The summed E-state index contributed by atoms with van der Waals surface area (Å²) in [6.45, 7) is 1.91. The number of nitro groups is 1. The molecule has 0 aliphatic heterocycles. The first-order valence-corrected chi connectivity index (χ1v) is 8.65. The minimum Gasteiger partial charge on any atom is -0.404 e. The third-order valence-electron chi connectivity index (χ3n) is 3.74. The van der Waals surface area contributed by atoms with Crippen LogP contribution in [0.4, 0.5) is 5.69 Å². The highest BCUT2D eigenvalue weighted by Gasteiger charge is 2.18. The van der Waals surface area contributed by atoms with Crippen molar-refractivity contribution >= 4 is 34.9 Å². The monoisotopic (exact) mass is 405 g/mol. The Morgan fingerprint density at radius 3 is 2.48 bits per heavy atom. The molecule has 1 aromatic heterocycles. The van der Waals surface area contributed by atoms with E-state index in [4.69, 9.17) is 27.9 Å². The lowest BCUT2D eigenvalue weighted by molar-refractivity contribution is -0.384. The van der Waals surface area contributed by atoms with E-state index >= 15 is 0 Å². The lowest BCUT2D eigenvalue weighted by Crippen LogP contribution is -2.12. The average molecular weight is 406 g/mol. The number of hydrogen-bond acceptors (Lipinski definition) is 5. The Labute approximate surface area is 164 Å². The molecule has 7 nitrogen and oxygen atoms in total. The molecule has 0 saturated heterocycles. The van der Waals surface area contributed by atoms with E-state index in [9.17, 15) is 14.9 Å². The minimum atomic E-state index is -0.664. The molecule has 0 fully saturated rings. The molecular formula is C18H13Cl2N3O4. The number of carbonyl (C=O) groups is 1. The van der Waals surface area contributed by atoms with Crippen LogP contribution in [0.1, 0.15) is 23.0 Å². The van der Waals surface area contributed by atoms with Crippen LogP contribution in [-0.4, -0.2) is 20.7 Å². The van der Waals surface area contributed by atoms with Crippen LogP contribution in [-0.2, 0) is 6.42 Å². The fourth-order valence-electron chi connectivity index (χ4n) is 2.36. The summed E-state index contributed by atoms with van der Waals surface area (Å²) in [4.78, 5) is 22.8.